The number of aromatic nitrogens is 8. The molecular formula is C41H39F6N11O8. The van der Waals surface area contributed by atoms with Gasteiger partial charge in [0.25, 0.3) is 5.91 Å². The van der Waals surface area contributed by atoms with Crippen molar-refractivity contribution in [3.8, 4) is 11.5 Å². The molecule has 0 atom stereocenters. The second-order valence-electron chi connectivity index (χ2n) is 14.0. The molecule has 0 aliphatic heterocycles. The molecular weight excluding hydrogens is 889 g/mol. The van der Waals surface area contributed by atoms with Crippen LogP contribution in [0.4, 0.5) is 50.1 Å². The van der Waals surface area contributed by atoms with Crippen molar-refractivity contribution in [2.24, 2.45) is 0 Å². The number of alkyl halides is 6. The minimum atomic E-state index is -4.80. The fourth-order valence-electron chi connectivity index (χ4n) is 6.61. The summed E-state index contributed by atoms with van der Waals surface area (Å²) in [6.07, 6.45) is -9.59. The number of halogens is 6. The van der Waals surface area contributed by atoms with Gasteiger partial charge in [-0.05, 0) is 60.7 Å². The van der Waals surface area contributed by atoms with Gasteiger partial charge >= 0.3 is 18.7 Å². The Balaban J connectivity index is 0.000000198. The van der Waals surface area contributed by atoms with Gasteiger partial charge in [0.1, 0.15) is 11.5 Å². The first-order valence-corrected chi connectivity index (χ1v) is 19.5. The average molecular weight is 928 g/mol. The van der Waals surface area contributed by atoms with Crippen LogP contribution in [0.25, 0.3) is 44.1 Å². The summed E-state index contributed by atoms with van der Waals surface area (Å²) >= 11 is 0. The van der Waals surface area contributed by atoms with Gasteiger partial charge in [-0.3, -0.25) is 15.4 Å². The van der Waals surface area contributed by atoms with Crippen LogP contribution >= 0.6 is 0 Å². The van der Waals surface area contributed by atoms with E-state index in [1.807, 2.05) is 4.57 Å². The molecule has 348 valence electrons. The van der Waals surface area contributed by atoms with Gasteiger partial charge in [0.05, 0.1) is 69.5 Å². The summed E-state index contributed by atoms with van der Waals surface area (Å²) in [5.41, 5.74) is 4.54. The minimum absolute atomic E-state index is 0.0939. The third-order valence-electron chi connectivity index (χ3n) is 9.47. The van der Waals surface area contributed by atoms with Crippen molar-refractivity contribution in [1.82, 2.24) is 44.4 Å². The monoisotopic (exact) mass is 927 g/mol. The number of ether oxygens (including phenoxy) is 5. The van der Waals surface area contributed by atoms with Crippen LogP contribution in [0.15, 0.2) is 72.8 Å². The number of amides is 1. The second-order valence-corrected chi connectivity index (χ2v) is 14.0. The molecule has 0 radical (unpaired) electrons. The maximum Gasteiger partial charge on any atom is 0.573 e. The van der Waals surface area contributed by atoms with Crippen LogP contribution in [0.5, 0.6) is 11.5 Å². The predicted octanol–water partition coefficient (Wildman–Crippen LogP) is 7.48. The molecule has 6 N–H and O–H groups in total. The molecule has 4 aromatic carbocycles. The summed E-state index contributed by atoms with van der Waals surface area (Å²) in [5, 5.41) is 18.0. The van der Waals surface area contributed by atoms with Crippen molar-refractivity contribution < 1.29 is 64.7 Å². The first-order valence-electron chi connectivity index (χ1n) is 19.5. The maximum atomic E-state index is 12.5. The second kappa shape index (κ2) is 19.6. The number of anilines is 4. The van der Waals surface area contributed by atoms with Crippen LogP contribution in [-0.4, -0.2) is 116 Å². The number of nitrogens with zero attached hydrogens (tertiary/aromatic N) is 6. The number of benzene rings is 4. The maximum absolute atomic E-state index is 12.5. The molecule has 0 fully saturated rings. The van der Waals surface area contributed by atoms with Crippen molar-refractivity contribution in [2.75, 3.05) is 58.3 Å². The Bertz CT molecular complexity index is 3000. The molecule has 0 unspecified atom stereocenters. The van der Waals surface area contributed by atoms with E-state index in [1.54, 1.807) is 50.2 Å². The fraction of sp³-hybridized carbons (Fsp3) is 0.268. The number of nitrogens with one attached hydrogen (secondary N) is 5. The number of aromatic amines is 2. The SMILES string of the molecule is COCCNC(=O)c1ccc2c(c1)nc(Nc1nc3ccc(OC(F)(F)F)cc3[nH]1)n2CCOC.COCCn1c(Nc2nc3ccc(OC(F)(F)F)cc3[nH]2)nc2cc(C(=O)O)ccc21. The lowest BCUT2D eigenvalue weighted by atomic mass is 10.2. The van der Waals surface area contributed by atoms with Gasteiger partial charge in [-0.1, -0.05) is 0 Å². The van der Waals surface area contributed by atoms with Gasteiger partial charge in [-0.2, -0.15) is 0 Å². The highest BCUT2D eigenvalue weighted by atomic mass is 19.4. The van der Waals surface area contributed by atoms with E-state index in [0.29, 0.717) is 95.5 Å². The Morgan fingerprint density at radius 3 is 1.50 bits per heavy atom. The minimum Gasteiger partial charge on any atom is -0.478 e. The Kier molecular flexibility index (Phi) is 13.8. The summed E-state index contributed by atoms with van der Waals surface area (Å²) in [7, 11) is 4.68. The van der Waals surface area contributed by atoms with E-state index < -0.39 is 18.7 Å². The van der Waals surface area contributed by atoms with E-state index in [4.69, 9.17) is 14.2 Å². The largest absolute Gasteiger partial charge is 0.573 e. The number of imidazole rings is 4. The van der Waals surface area contributed by atoms with E-state index >= 15 is 0 Å². The molecule has 25 heteroatoms. The standard InChI is InChI=1S/C22H23F3N6O4.C19H16F3N5O4/c1-33-9-7-26-19(32)13-3-6-18-17(11-13)29-21(31(18)8-10-34-2)30-20-27-15-5-4-14(12-16(15)28-20)35-22(23,24)25;1-30-7-6-27-15-5-2-10(16(28)29)8-14(15)25-18(27)26-17-23-12-4-3-11(9-13(12)24-17)31-19(20,21)22/h3-6,11-12H,7-10H2,1-2H3,(H,26,32)(H2,27,28,29,30);2-5,8-9H,6-7H2,1H3,(H,28,29)(H2,23,24,25,26). The molecule has 66 heavy (non-hydrogen) atoms. The third-order valence-corrected chi connectivity index (χ3v) is 9.47. The highest BCUT2D eigenvalue weighted by molar-refractivity contribution is 5.98. The Morgan fingerprint density at radius 2 is 1.06 bits per heavy atom. The molecule has 4 aromatic heterocycles. The zero-order chi connectivity index (χ0) is 47.2. The first kappa shape index (κ1) is 46.4. The van der Waals surface area contributed by atoms with Gasteiger partial charge in [0.2, 0.25) is 23.8 Å². The van der Waals surface area contributed by atoms with Crippen molar-refractivity contribution in [2.45, 2.75) is 25.8 Å². The van der Waals surface area contributed by atoms with Crippen molar-refractivity contribution in [3.05, 3.63) is 83.9 Å². The van der Waals surface area contributed by atoms with Crippen LogP contribution in [0.1, 0.15) is 20.7 Å². The highest BCUT2D eigenvalue weighted by Gasteiger charge is 2.32. The van der Waals surface area contributed by atoms with E-state index in [1.165, 1.54) is 48.5 Å². The summed E-state index contributed by atoms with van der Waals surface area (Å²) in [4.78, 5) is 47.1. The van der Waals surface area contributed by atoms with Gasteiger partial charge < -0.3 is 53.2 Å². The number of fused-ring (bicyclic) bond motifs is 4. The Morgan fingerprint density at radius 1 is 0.606 bits per heavy atom. The van der Waals surface area contributed by atoms with Gasteiger partial charge in [0, 0.05) is 58.7 Å². The number of rotatable bonds is 17. The molecule has 0 saturated carbocycles. The van der Waals surface area contributed by atoms with Gasteiger partial charge in [0.15, 0.2) is 0 Å². The van der Waals surface area contributed by atoms with Crippen molar-refractivity contribution in [3.63, 3.8) is 0 Å². The van der Waals surface area contributed by atoms with E-state index in [2.05, 4.69) is 55.3 Å². The number of carboxylic acid groups (broad SMARTS) is 1. The molecule has 0 aliphatic carbocycles. The predicted molar refractivity (Wildman–Crippen MR) is 227 cm³/mol. The number of carboxylic acids is 1. The molecule has 0 saturated heterocycles. The zero-order valence-electron chi connectivity index (χ0n) is 34.9. The summed E-state index contributed by atoms with van der Waals surface area (Å²) < 4.78 is 102. The number of hydrogen-bond donors (Lipinski definition) is 6. The lowest BCUT2D eigenvalue weighted by molar-refractivity contribution is -0.275. The molecule has 8 rings (SSSR count). The number of hydrogen-bond acceptors (Lipinski definition) is 13. The molecule has 19 nitrogen and oxygen atoms in total. The van der Waals surface area contributed by atoms with Crippen LogP contribution in [0, 0.1) is 0 Å². The van der Waals surface area contributed by atoms with Crippen LogP contribution in [0.3, 0.4) is 0 Å². The number of methoxy groups -OCH3 is 3. The average Bonchev–Trinajstić information content (AvgIpc) is 4.02. The molecule has 4 heterocycles. The summed E-state index contributed by atoms with van der Waals surface area (Å²) in [6, 6.07) is 17.3. The van der Waals surface area contributed by atoms with Crippen LogP contribution in [0.2, 0.25) is 0 Å². The van der Waals surface area contributed by atoms with Crippen molar-refractivity contribution >= 4 is 79.8 Å². The number of aromatic carboxylic acids is 1. The van der Waals surface area contributed by atoms with Gasteiger partial charge in [-0.25, -0.2) is 24.7 Å². The number of H-pyrrole nitrogens is 2. The zero-order valence-corrected chi connectivity index (χ0v) is 34.9. The van der Waals surface area contributed by atoms with Crippen LogP contribution < -0.4 is 25.4 Å². The van der Waals surface area contributed by atoms with Crippen molar-refractivity contribution in [1.29, 1.82) is 0 Å². The molecule has 0 aliphatic rings. The lowest BCUT2D eigenvalue weighted by Gasteiger charge is -2.09. The number of carbonyl (C=O) groups excluding carboxylic acids is 1. The van der Waals surface area contributed by atoms with E-state index in [0.717, 1.165) is 5.52 Å². The smallest absolute Gasteiger partial charge is 0.478 e. The third kappa shape index (κ3) is 11.4. The van der Waals surface area contributed by atoms with Gasteiger partial charge in [-0.15, -0.1) is 26.3 Å². The molecule has 0 spiro atoms. The molecule has 1 amide bonds. The topological polar surface area (TPSA) is 230 Å². The van der Waals surface area contributed by atoms with Crippen LogP contribution in [-0.2, 0) is 27.3 Å². The normalized spacial score (nSPS) is 11.8. The fourth-order valence-corrected chi connectivity index (χ4v) is 6.61. The first-order chi connectivity index (χ1) is 31.5. The Hall–Kier alpha value is -7.64. The lowest BCUT2D eigenvalue weighted by Crippen LogP contribution is -2.26. The van der Waals surface area contributed by atoms with E-state index in [-0.39, 0.29) is 34.9 Å². The quantitative estimate of drug-likeness (QED) is 0.0384. The summed E-state index contributed by atoms with van der Waals surface area (Å²) in [5.74, 6) is -0.758. The summed E-state index contributed by atoms with van der Waals surface area (Å²) in [6.45, 7) is 2.43. The molecule has 8 aromatic rings. The molecule has 0 bridgehead atoms. The highest BCUT2D eigenvalue weighted by Crippen LogP contribution is 2.30. The Labute approximate surface area is 368 Å². The number of carbonyl (C=O) groups is 2. The van der Waals surface area contributed by atoms with E-state index in [9.17, 15) is 41.0 Å².